The molecule has 0 unspecified atom stereocenters. The summed E-state index contributed by atoms with van der Waals surface area (Å²) in [5, 5.41) is 1.71. The average Bonchev–Trinajstić information content (AvgIpc) is 3.25. The lowest BCUT2D eigenvalue weighted by molar-refractivity contribution is -0.141. The number of anilines is 1. The topological polar surface area (TPSA) is 77.6 Å². The maximum atomic E-state index is 15.0. The van der Waals surface area contributed by atoms with Crippen LogP contribution in [0, 0.1) is 23.3 Å². The second-order valence-corrected chi connectivity index (χ2v) is 8.90. The Balaban J connectivity index is 1.55. The van der Waals surface area contributed by atoms with E-state index in [-0.39, 0.29) is 18.1 Å². The lowest BCUT2D eigenvalue weighted by atomic mass is 10.0. The van der Waals surface area contributed by atoms with Crippen LogP contribution in [0.1, 0.15) is 21.6 Å². The van der Waals surface area contributed by atoms with Crippen molar-refractivity contribution in [3.05, 3.63) is 117 Å². The molecule has 0 aliphatic rings. The molecule has 1 amide bonds. The highest BCUT2D eigenvalue weighted by Gasteiger charge is 2.34. The van der Waals surface area contributed by atoms with E-state index in [2.05, 4.69) is 4.98 Å². The number of pyridine rings is 2. The largest absolute Gasteiger partial charge is 0.497 e. The number of hydrogen-bond donors (Lipinski definition) is 1. The summed E-state index contributed by atoms with van der Waals surface area (Å²) in [7, 11) is 1.48. The van der Waals surface area contributed by atoms with Crippen molar-refractivity contribution in [3.8, 4) is 16.9 Å². The summed E-state index contributed by atoms with van der Waals surface area (Å²) in [6.07, 6.45) is -2.98. The van der Waals surface area contributed by atoms with Gasteiger partial charge in [-0.25, -0.2) is 22.2 Å². The summed E-state index contributed by atoms with van der Waals surface area (Å²) in [6, 6.07) is 12.0. The van der Waals surface area contributed by atoms with Crippen molar-refractivity contribution in [2.45, 2.75) is 12.7 Å². The van der Waals surface area contributed by atoms with Gasteiger partial charge >= 0.3 is 6.18 Å². The number of alkyl halides is 3. The molecule has 0 saturated heterocycles. The van der Waals surface area contributed by atoms with Crippen molar-refractivity contribution in [2.24, 2.45) is 0 Å². The van der Waals surface area contributed by atoms with Crippen LogP contribution in [0.4, 0.5) is 36.4 Å². The van der Waals surface area contributed by atoms with Crippen LogP contribution >= 0.6 is 0 Å². The van der Waals surface area contributed by atoms with E-state index in [4.69, 9.17) is 4.74 Å². The molecule has 0 atom stereocenters. The second kappa shape index (κ2) is 10.7. The Bertz CT molecular complexity index is 1870. The number of nitrogens with one attached hydrogen (secondary N) is 1. The molecule has 0 fully saturated rings. The lowest BCUT2D eigenvalue weighted by Crippen LogP contribution is -2.26. The summed E-state index contributed by atoms with van der Waals surface area (Å²) in [6.45, 7) is -0.0339. The predicted molar refractivity (Wildman–Crippen MR) is 136 cm³/mol. The zero-order chi connectivity index (χ0) is 30.3. The standard InChI is InChI=1S/C28H17F7N4O3/c1-42-16-7-5-14(6-8-16)13-39-27(41)20(17-4-2-3-11-38(17)39)26(40)37-25-23(31)21(29)19(22(30)24(25)32)15-9-10-36-18(12-15)28(33,34)35/h2-12H,13H2,1H3,(H,37,40). The quantitative estimate of drug-likeness (QED) is 0.193. The Hall–Kier alpha value is -5.14. The lowest BCUT2D eigenvalue weighted by Gasteiger charge is -2.14. The molecule has 0 bridgehead atoms. The molecule has 42 heavy (non-hydrogen) atoms. The van der Waals surface area contributed by atoms with Gasteiger partial charge in [0.05, 0.1) is 24.7 Å². The van der Waals surface area contributed by atoms with Gasteiger partial charge in [-0.2, -0.15) is 13.2 Å². The van der Waals surface area contributed by atoms with E-state index in [1.807, 2.05) is 0 Å². The fraction of sp³-hybridized carbons (Fsp3) is 0.107. The summed E-state index contributed by atoms with van der Waals surface area (Å²) in [5.41, 5.74) is -6.22. The molecular weight excluding hydrogens is 573 g/mol. The number of hydrogen-bond acceptors (Lipinski definition) is 4. The molecule has 0 saturated carbocycles. The highest BCUT2D eigenvalue weighted by molar-refractivity contribution is 6.09. The predicted octanol–water partition coefficient (Wildman–Crippen LogP) is 6.05. The van der Waals surface area contributed by atoms with Crippen LogP contribution in [-0.2, 0) is 12.7 Å². The number of benzene rings is 2. The fourth-order valence-electron chi connectivity index (χ4n) is 4.36. The molecule has 14 heteroatoms. The number of nitrogens with zero attached hydrogens (tertiary/aromatic N) is 3. The number of amides is 1. The van der Waals surface area contributed by atoms with E-state index in [9.17, 15) is 31.5 Å². The van der Waals surface area contributed by atoms with Gasteiger partial charge in [0.1, 0.15) is 22.7 Å². The Morgan fingerprint density at radius 3 is 2.24 bits per heavy atom. The van der Waals surface area contributed by atoms with Crippen LogP contribution in [0.15, 0.2) is 71.8 Å². The van der Waals surface area contributed by atoms with Crippen molar-refractivity contribution in [1.82, 2.24) is 14.2 Å². The molecule has 3 aromatic heterocycles. The van der Waals surface area contributed by atoms with Crippen LogP contribution in [0.3, 0.4) is 0 Å². The molecule has 5 aromatic rings. The number of aromatic nitrogens is 3. The van der Waals surface area contributed by atoms with Gasteiger partial charge in [0, 0.05) is 12.4 Å². The van der Waals surface area contributed by atoms with Gasteiger partial charge in [0.15, 0.2) is 23.3 Å². The van der Waals surface area contributed by atoms with Crippen molar-refractivity contribution in [1.29, 1.82) is 0 Å². The van der Waals surface area contributed by atoms with Crippen molar-refractivity contribution in [3.63, 3.8) is 0 Å². The summed E-state index contributed by atoms with van der Waals surface area (Å²) >= 11 is 0. The first kappa shape index (κ1) is 28.4. The third-order valence-electron chi connectivity index (χ3n) is 6.36. The van der Waals surface area contributed by atoms with E-state index in [1.165, 1.54) is 30.0 Å². The van der Waals surface area contributed by atoms with E-state index >= 15 is 8.78 Å². The SMILES string of the molecule is COc1ccc(Cn2c(=O)c(C(=O)Nc3c(F)c(F)c(-c4ccnc(C(F)(F)F)c4)c(F)c3F)c3ccccn32)cc1. The molecule has 3 heterocycles. The molecule has 0 radical (unpaired) electrons. The summed E-state index contributed by atoms with van der Waals surface area (Å²) in [5.74, 6) is -9.14. The molecule has 216 valence electrons. The molecule has 0 spiro atoms. The number of fused-ring (bicyclic) bond motifs is 1. The minimum Gasteiger partial charge on any atom is -0.497 e. The zero-order valence-corrected chi connectivity index (χ0v) is 21.3. The van der Waals surface area contributed by atoms with Crippen molar-refractivity contribution in [2.75, 3.05) is 12.4 Å². The van der Waals surface area contributed by atoms with Crippen molar-refractivity contribution >= 4 is 17.1 Å². The van der Waals surface area contributed by atoms with Gasteiger partial charge in [0.2, 0.25) is 0 Å². The zero-order valence-electron chi connectivity index (χ0n) is 21.3. The molecule has 2 aromatic carbocycles. The normalized spacial score (nSPS) is 11.6. The first-order chi connectivity index (χ1) is 19.9. The number of carbonyl (C=O) groups is 1. The number of carbonyl (C=O) groups excluding carboxylic acids is 1. The Labute approximate surface area is 231 Å². The van der Waals surface area contributed by atoms with Crippen LogP contribution in [0.5, 0.6) is 5.75 Å². The van der Waals surface area contributed by atoms with Crippen LogP contribution in [0.2, 0.25) is 0 Å². The van der Waals surface area contributed by atoms with E-state index < -0.39 is 69.0 Å². The monoisotopic (exact) mass is 590 g/mol. The molecule has 0 aliphatic heterocycles. The van der Waals surface area contributed by atoms with Gasteiger partial charge in [-0.05, 0) is 47.5 Å². The third kappa shape index (κ3) is 4.95. The second-order valence-electron chi connectivity index (χ2n) is 8.90. The third-order valence-corrected chi connectivity index (χ3v) is 6.36. The first-order valence-electron chi connectivity index (χ1n) is 12.0. The highest BCUT2D eigenvalue weighted by atomic mass is 19.4. The van der Waals surface area contributed by atoms with Gasteiger partial charge in [-0.1, -0.05) is 18.2 Å². The Morgan fingerprint density at radius 2 is 1.62 bits per heavy atom. The summed E-state index contributed by atoms with van der Waals surface area (Å²) in [4.78, 5) is 29.5. The van der Waals surface area contributed by atoms with E-state index in [1.54, 1.807) is 35.6 Å². The number of methoxy groups -OCH3 is 1. The number of halogens is 7. The van der Waals surface area contributed by atoms with E-state index in [0.29, 0.717) is 17.5 Å². The minimum atomic E-state index is -5.01. The molecule has 0 aliphatic carbocycles. The van der Waals surface area contributed by atoms with E-state index in [0.717, 1.165) is 10.7 Å². The molecular formula is C28H17F7N4O3. The molecule has 1 N–H and O–H groups in total. The maximum Gasteiger partial charge on any atom is 0.433 e. The summed E-state index contributed by atoms with van der Waals surface area (Å²) < 4.78 is 107. The van der Waals surface area contributed by atoms with Gasteiger partial charge in [-0.15, -0.1) is 0 Å². The minimum absolute atomic E-state index is 0.0170. The Morgan fingerprint density at radius 1 is 0.952 bits per heavy atom. The van der Waals surface area contributed by atoms with Gasteiger partial charge in [-0.3, -0.25) is 19.1 Å². The Kier molecular flexibility index (Phi) is 7.22. The number of ether oxygens (including phenoxy) is 1. The molecule has 7 nitrogen and oxygen atoms in total. The van der Waals surface area contributed by atoms with Crippen LogP contribution in [-0.4, -0.2) is 27.2 Å². The smallest absolute Gasteiger partial charge is 0.433 e. The van der Waals surface area contributed by atoms with Gasteiger partial charge in [0.25, 0.3) is 11.5 Å². The average molecular weight is 590 g/mol. The fourth-order valence-corrected chi connectivity index (χ4v) is 4.36. The number of rotatable bonds is 6. The molecule has 5 rings (SSSR count). The van der Waals surface area contributed by atoms with Crippen LogP contribution in [0.25, 0.3) is 16.6 Å². The maximum absolute atomic E-state index is 15.0. The van der Waals surface area contributed by atoms with Crippen molar-refractivity contribution < 1.29 is 40.3 Å². The first-order valence-corrected chi connectivity index (χ1v) is 12.0. The highest BCUT2D eigenvalue weighted by Crippen LogP contribution is 2.37. The van der Waals surface area contributed by atoms with Crippen LogP contribution < -0.4 is 15.6 Å². The van der Waals surface area contributed by atoms with Gasteiger partial charge < -0.3 is 10.1 Å².